The first kappa shape index (κ1) is 61.9. The summed E-state index contributed by atoms with van der Waals surface area (Å²) in [5, 5.41) is 30.4. The van der Waals surface area contributed by atoms with Crippen LogP contribution in [0.25, 0.3) is 22.5 Å². The van der Waals surface area contributed by atoms with Gasteiger partial charge in [-0.05, 0) is 130 Å². The Balaban J connectivity index is 0. The Kier molecular flexibility index (Phi) is 29.7. The number of aromatic nitrogens is 8. The number of rotatable bonds is 9. The first-order valence-corrected chi connectivity index (χ1v) is 25.4. The summed E-state index contributed by atoms with van der Waals surface area (Å²) in [7, 11) is 1.63. The van der Waals surface area contributed by atoms with Gasteiger partial charge in [-0.3, -0.25) is 9.18 Å². The average molecular weight is 1180 g/mol. The maximum Gasteiger partial charge on any atom is 1.00 e. The quantitative estimate of drug-likeness (QED) is 0.0309. The molecular formula is C38H44Br2Cl3FK2N12O5P2. The van der Waals surface area contributed by atoms with Gasteiger partial charge in [-0.1, -0.05) is 23.7 Å². The maximum atomic E-state index is 13.0. The fraction of sp³-hybridized carbons (Fsp3) is 0.237. The predicted molar refractivity (Wildman–Crippen MR) is 259 cm³/mol. The van der Waals surface area contributed by atoms with Gasteiger partial charge in [-0.15, -0.1) is 20.4 Å². The minimum atomic E-state index is -2.60. The summed E-state index contributed by atoms with van der Waals surface area (Å²) < 4.78 is 42.0. The van der Waals surface area contributed by atoms with Crippen molar-refractivity contribution in [2.45, 2.75) is 0 Å². The van der Waals surface area contributed by atoms with Crippen molar-refractivity contribution < 1.29 is 134 Å². The molecule has 0 fully saturated rings. The number of benzene rings is 2. The molecule has 65 heavy (non-hydrogen) atoms. The molecule has 0 saturated carbocycles. The van der Waals surface area contributed by atoms with Crippen molar-refractivity contribution in [3.8, 4) is 22.5 Å². The fourth-order valence-electron chi connectivity index (χ4n) is 4.73. The van der Waals surface area contributed by atoms with Crippen LogP contribution in [0.3, 0.4) is 0 Å². The second-order valence-electron chi connectivity index (χ2n) is 13.5. The van der Waals surface area contributed by atoms with Crippen LogP contribution in [0.1, 0.15) is 2.80 Å². The van der Waals surface area contributed by atoms with Crippen molar-refractivity contribution >= 4 is 127 Å². The van der Waals surface area contributed by atoms with Crippen molar-refractivity contribution in [3.63, 3.8) is 0 Å². The van der Waals surface area contributed by atoms with Gasteiger partial charge in [0.2, 0.25) is 10.6 Å². The molecule has 0 spiro atoms. The standard InChI is InChI=1S/C18H19BrClN6OP.C14H19N4OP.C4HBrCl2N2.CH3F.CH2O3.2K.H/c1-26(2)16-8-7-13(24-25-16)11-5-6-14(15(9-11)28(3,4)27)22-17-12(19)10-21-18(20)23-17;1-18(2)14-8-7-12(16-17-14)10-5-6-11(15)13(9-10)20(3,4)19;5-2-1-8-4(7)9-3(2)6;1-2;2-1-4-3;;;/h5-10H,1-4H3,(H,21,22,23);5-9H,15H2,1-4H3;1H;1H3;1,3H;;;/q;;;;;2*+1;-1/p-1/i;;;1D;;;;. The molecule has 17 nitrogen and oxygen atoms in total. The molecule has 4 heterocycles. The first-order chi connectivity index (χ1) is 30.0. The zero-order valence-electron chi connectivity index (χ0n) is 39.0. The van der Waals surface area contributed by atoms with Crippen LogP contribution in [0.4, 0.5) is 33.2 Å². The van der Waals surface area contributed by atoms with E-state index >= 15 is 0 Å². The van der Waals surface area contributed by atoms with Crippen molar-refractivity contribution in [3.05, 3.63) is 97.7 Å². The molecule has 0 aliphatic carbocycles. The van der Waals surface area contributed by atoms with Gasteiger partial charge in [0.15, 0.2) is 11.6 Å². The van der Waals surface area contributed by atoms with Gasteiger partial charge >= 0.3 is 103 Å². The Morgan fingerprint density at radius 1 is 0.769 bits per heavy atom. The number of nitrogen functional groups attached to an aromatic ring is 1. The summed E-state index contributed by atoms with van der Waals surface area (Å²) in [6.45, 7) is 6.69. The van der Waals surface area contributed by atoms with Gasteiger partial charge in [0.25, 0.3) is 6.47 Å². The number of carbonyl (C=O) groups excluding carboxylic acids is 1. The van der Waals surface area contributed by atoms with Crippen molar-refractivity contribution in [1.82, 2.24) is 40.3 Å². The molecule has 27 heteroatoms. The smallest absolute Gasteiger partial charge is 1.00 e. The van der Waals surface area contributed by atoms with Crippen LogP contribution in [0, 0.1) is 0 Å². The van der Waals surface area contributed by atoms with Crippen LogP contribution < -0.4 is 139 Å². The minimum absolute atomic E-state index is 0. The zero-order chi connectivity index (χ0) is 48.4. The molecule has 0 atom stereocenters. The average Bonchev–Trinajstić information content (AvgIpc) is 3.24. The zero-order valence-corrected chi connectivity index (χ0v) is 50.4. The molecule has 6 rings (SSSR count). The van der Waals surface area contributed by atoms with Crippen LogP contribution in [-0.4, -0.2) is 109 Å². The van der Waals surface area contributed by atoms with Crippen molar-refractivity contribution in [2.24, 2.45) is 0 Å². The van der Waals surface area contributed by atoms with Gasteiger partial charge in [0.05, 0.1) is 34.5 Å². The van der Waals surface area contributed by atoms with E-state index in [1.54, 1.807) is 38.9 Å². The van der Waals surface area contributed by atoms with E-state index in [4.69, 9.17) is 52.0 Å². The van der Waals surface area contributed by atoms with E-state index in [0.717, 1.165) is 28.5 Å². The molecule has 0 aliphatic rings. The number of halogens is 6. The summed E-state index contributed by atoms with van der Waals surface area (Å²) in [6, 6.07) is 18.7. The van der Waals surface area contributed by atoms with E-state index in [0.29, 0.717) is 47.6 Å². The topological polar surface area (TPSA) is 231 Å². The number of alkyl halides is 1. The fourth-order valence-corrected chi connectivity index (χ4v) is 7.96. The van der Waals surface area contributed by atoms with Crippen LogP contribution in [-0.2, 0) is 18.8 Å². The molecule has 4 aromatic heterocycles. The molecule has 0 saturated heterocycles. The number of hydrogen-bond acceptors (Lipinski definition) is 17. The third-order valence-electron chi connectivity index (χ3n) is 7.68. The van der Waals surface area contributed by atoms with E-state index in [1.165, 1.54) is 6.20 Å². The minimum Gasteiger partial charge on any atom is -1.00 e. The third kappa shape index (κ3) is 21.6. The molecule has 0 amide bonds. The third-order valence-corrected chi connectivity index (χ3v) is 12.8. The normalized spacial score (nSPS) is 10.4. The van der Waals surface area contributed by atoms with Crippen LogP contribution in [0.2, 0.25) is 15.7 Å². The Labute approximate surface area is 497 Å². The maximum absolute atomic E-state index is 13.0. The Morgan fingerprint density at radius 2 is 1.20 bits per heavy atom. The summed E-state index contributed by atoms with van der Waals surface area (Å²) in [5.74, 6) is 2.06. The number of anilines is 5. The van der Waals surface area contributed by atoms with Gasteiger partial charge in [0.1, 0.15) is 25.3 Å². The Hall–Kier alpha value is -1.12. The summed E-state index contributed by atoms with van der Waals surface area (Å²) in [5.41, 5.74) is 10.3. The second kappa shape index (κ2) is 31.2. The largest absolute Gasteiger partial charge is 1.00 e. The van der Waals surface area contributed by atoms with Crippen LogP contribution in [0.15, 0.2) is 82.0 Å². The molecule has 0 aliphatic heterocycles. The van der Waals surface area contributed by atoms with E-state index in [9.17, 15) is 13.5 Å². The van der Waals surface area contributed by atoms with Gasteiger partial charge in [0, 0.05) is 68.0 Å². The molecule has 6 aromatic rings. The second-order valence-corrected chi connectivity index (χ2v) is 22.6. The molecule has 3 N–H and O–H groups in total. The van der Waals surface area contributed by atoms with E-state index in [-0.39, 0.29) is 121 Å². The predicted octanol–water partition coefficient (Wildman–Crippen LogP) is 2.13. The van der Waals surface area contributed by atoms with Gasteiger partial charge < -0.3 is 41.6 Å². The molecule has 340 valence electrons. The van der Waals surface area contributed by atoms with Crippen LogP contribution in [0.5, 0.6) is 0 Å². The van der Waals surface area contributed by atoms with E-state index in [2.05, 4.69) is 82.4 Å². The Morgan fingerprint density at radius 3 is 1.58 bits per heavy atom. The molecule has 0 radical (unpaired) electrons. The monoisotopic (exact) mass is 1170 g/mol. The summed E-state index contributed by atoms with van der Waals surface area (Å²) >= 11 is 23.3. The molecule has 0 bridgehead atoms. The van der Waals surface area contributed by atoms with Crippen LogP contribution >= 0.6 is 80.9 Å². The number of nitrogens with one attached hydrogen (secondary N) is 1. The molecule has 2 aromatic carbocycles. The van der Waals surface area contributed by atoms with Crippen molar-refractivity contribution in [1.29, 1.82) is 0 Å². The Bertz CT molecular complexity index is 2570. The number of nitrogens with two attached hydrogens (primary N) is 1. The summed E-state index contributed by atoms with van der Waals surface area (Å²) in [4.78, 5) is 30.4. The van der Waals surface area contributed by atoms with Crippen molar-refractivity contribution in [2.75, 3.05) is 82.9 Å². The number of carbonyl (C=O) groups is 1. The van der Waals surface area contributed by atoms with E-state index < -0.39 is 21.4 Å². The molecular weight excluding hydrogens is 1130 g/mol. The first-order valence-electron chi connectivity index (χ1n) is 18.2. The number of hydrogen-bond donors (Lipinski definition) is 2. The summed E-state index contributed by atoms with van der Waals surface area (Å²) in [6.07, 6.45) is 3.06. The SMILES string of the molecule is CN(C)c1ccc(-c2ccc(N)c(P(C)(C)=O)c2)nn1.CN(C)c1ccc(-c2ccc(Nc3nc(Cl)ncc3Br)c(P(C)(C)=O)c2)nn1.Clc1ncc(Br)c(Cl)n1.O=CO[O-].[2H]CF.[H-].[K+].[K+]. The van der Waals surface area contributed by atoms with Gasteiger partial charge in [-0.25, -0.2) is 15.0 Å². The van der Waals surface area contributed by atoms with E-state index in [1.807, 2.05) is 92.6 Å². The molecule has 0 unspecified atom stereocenters. The van der Waals surface area contributed by atoms with Gasteiger partial charge in [-0.2, -0.15) is 4.98 Å². The number of nitrogens with zero attached hydrogens (tertiary/aromatic N) is 10.